The Morgan fingerprint density at radius 3 is 2.85 bits per heavy atom. The number of aromatic amines is 1. The minimum atomic E-state index is -0.174. The van der Waals surface area contributed by atoms with Crippen LogP contribution in [0, 0.1) is 0 Å². The number of imidazole rings is 1. The molecule has 26 heavy (non-hydrogen) atoms. The normalized spacial score (nSPS) is 11.0. The summed E-state index contributed by atoms with van der Waals surface area (Å²) in [6.45, 7) is 0.494. The van der Waals surface area contributed by atoms with Gasteiger partial charge in [-0.3, -0.25) is 9.89 Å². The number of benzene rings is 1. The van der Waals surface area contributed by atoms with Crippen LogP contribution in [0.1, 0.15) is 16.1 Å². The highest BCUT2D eigenvalue weighted by atomic mass is 35.5. The van der Waals surface area contributed by atoms with Gasteiger partial charge in [0.25, 0.3) is 5.91 Å². The smallest absolute Gasteiger partial charge is 0.255 e. The first-order valence-electron chi connectivity index (χ1n) is 8.21. The fourth-order valence-corrected chi connectivity index (χ4v) is 2.93. The molecule has 4 aromatic rings. The van der Waals surface area contributed by atoms with Crippen LogP contribution in [0.4, 0.5) is 0 Å². The number of rotatable bonds is 5. The molecule has 2 N–H and O–H groups in total. The number of carbonyl (C=O) groups is 1. The molecule has 0 aliphatic rings. The highest BCUT2D eigenvalue weighted by Crippen LogP contribution is 2.22. The van der Waals surface area contributed by atoms with Crippen molar-refractivity contribution in [1.82, 2.24) is 24.9 Å². The molecule has 0 radical (unpaired) electrons. The van der Waals surface area contributed by atoms with E-state index in [1.54, 1.807) is 12.1 Å². The number of nitrogens with one attached hydrogen (secondary N) is 2. The van der Waals surface area contributed by atoms with Gasteiger partial charge in [-0.2, -0.15) is 5.10 Å². The van der Waals surface area contributed by atoms with E-state index in [0.717, 1.165) is 16.9 Å². The number of H-pyrrole nitrogens is 1. The molecule has 0 atom stereocenters. The fraction of sp³-hybridized carbons (Fsp3) is 0.105. The van der Waals surface area contributed by atoms with Crippen molar-refractivity contribution in [3.05, 3.63) is 77.3 Å². The lowest BCUT2D eigenvalue weighted by atomic mass is 10.1. The minimum absolute atomic E-state index is 0.174. The maximum Gasteiger partial charge on any atom is 0.255 e. The largest absolute Gasteiger partial charge is 0.352 e. The van der Waals surface area contributed by atoms with Gasteiger partial charge in [0.2, 0.25) is 0 Å². The summed E-state index contributed by atoms with van der Waals surface area (Å²) in [6.07, 6.45) is 6.11. The number of pyridine rings is 1. The Bertz CT molecular complexity index is 1020. The zero-order valence-electron chi connectivity index (χ0n) is 13.8. The van der Waals surface area contributed by atoms with E-state index in [1.165, 1.54) is 6.20 Å². The number of hydrogen-bond acceptors (Lipinski definition) is 3. The first kappa shape index (κ1) is 16.4. The average Bonchev–Trinajstić information content (AvgIpc) is 3.29. The molecule has 7 heteroatoms. The van der Waals surface area contributed by atoms with Gasteiger partial charge < -0.3 is 9.72 Å². The molecule has 4 rings (SSSR count). The summed E-state index contributed by atoms with van der Waals surface area (Å²) < 4.78 is 1.96. The Balaban J connectivity index is 1.42. The van der Waals surface area contributed by atoms with E-state index in [2.05, 4.69) is 20.5 Å². The van der Waals surface area contributed by atoms with Crippen LogP contribution in [0.15, 0.2) is 61.1 Å². The van der Waals surface area contributed by atoms with Crippen molar-refractivity contribution in [2.24, 2.45) is 0 Å². The molecule has 0 fully saturated rings. The van der Waals surface area contributed by atoms with Gasteiger partial charge in [-0.25, -0.2) is 4.98 Å². The Morgan fingerprint density at radius 1 is 1.19 bits per heavy atom. The molecule has 0 saturated heterocycles. The van der Waals surface area contributed by atoms with Crippen LogP contribution in [-0.2, 0) is 6.42 Å². The molecular weight excluding hydrogens is 350 g/mol. The molecule has 0 saturated carbocycles. The monoisotopic (exact) mass is 365 g/mol. The second-order valence-corrected chi connectivity index (χ2v) is 6.31. The maximum absolute atomic E-state index is 12.5. The molecule has 0 aliphatic carbocycles. The van der Waals surface area contributed by atoms with E-state index in [-0.39, 0.29) is 5.91 Å². The summed E-state index contributed by atoms with van der Waals surface area (Å²) in [5.41, 5.74) is 3.86. The van der Waals surface area contributed by atoms with Crippen molar-refractivity contribution in [3.63, 3.8) is 0 Å². The van der Waals surface area contributed by atoms with Gasteiger partial charge in [0.05, 0.1) is 23.1 Å². The number of aromatic nitrogens is 4. The standard InChI is InChI=1S/C19H16ClN5O/c20-14-6-4-13(5-7-14)18-16(11-22-24-18)19(26)21-9-8-15-12-25-10-2-1-3-17(25)23-15/h1-7,10-12H,8-9H2,(H,21,26)(H,22,24). The predicted molar refractivity (Wildman–Crippen MR) is 100 cm³/mol. The summed E-state index contributed by atoms with van der Waals surface area (Å²) in [7, 11) is 0. The molecular formula is C19H16ClN5O. The Hall–Kier alpha value is -3.12. The molecule has 6 nitrogen and oxygen atoms in total. The Kier molecular flexibility index (Phi) is 4.41. The number of fused-ring (bicyclic) bond motifs is 1. The Morgan fingerprint density at radius 2 is 2.04 bits per heavy atom. The van der Waals surface area contributed by atoms with Crippen LogP contribution in [0.5, 0.6) is 0 Å². The molecule has 0 spiro atoms. The van der Waals surface area contributed by atoms with Gasteiger partial charge in [-0.1, -0.05) is 29.8 Å². The Labute approximate surface area is 154 Å². The highest BCUT2D eigenvalue weighted by molar-refractivity contribution is 6.30. The average molecular weight is 366 g/mol. The van der Waals surface area contributed by atoms with Crippen molar-refractivity contribution < 1.29 is 4.79 Å². The van der Waals surface area contributed by atoms with Crippen molar-refractivity contribution in [2.75, 3.05) is 6.54 Å². The summed E-state index contributed by atoms with van der Waals surface area (Å²) in [5.74, 6) is -0.174. The van der Waals surface area contributed by atoms with Crippen molar-refractivity contribution in [1.29, 1.82) is 0 Å². The van der Waals surface area contributed by atoms with Gasteiger partial charge in [0.15, 0.2) is 0 Å². The molecule has 0 unspecified atom stereocenters. The van der Waals surface area contributed by atoms with E-state index in [0.29, 0.717) is 29.2 Å². The number of halogens is 1. The number of nitrogens with zero attached hydrogens (tertiary/aromatic N) is 3. The van der Waals surface area contributed by atoms with Crippen LogP contribution in [-0.4, -0.2) is 32.0 Å². The lowest BCUT2D eigenvalue weighted by Gasteiger charge is -2.05. The third kappa shape index (κ3) is 3.32. The number of hydrogen-bond donors (Lipinski definition) is 2. The second-order valence-electron chi connectivity index (χ2n) is 5.87. The van der Waals surface area contributed by atoms with Gasteiger partial charge in [0, 0.05) is 35.9 Å². The SMILES string of the molecule is O=C(NCCc1cn2ccccc2n1)c1cn[nH]c1-c1ccc(Cl)cc1. The zero-order chi connectivity index (χ0) is 17.9. The molecule has 3 heterocycles. The third-order valence-electron chi connectivity index (χ3n) is 4.10. The summed E-state index contributed by atoms with van der Waals surface area (Å²) in [4.78, 5) is 17.0. The summed E-state index contributed by atoms with van der Waals surface area (Å²) in [5, 5.41) is 10.5. The molecule has 1 amide bonds. The minimum Gasteiger partial charge on any atom is -0.352 e. The van der Waals surface area contributed by atoms with Gasteiger partial charge in [-0.05, 0) is 24.3 Å². The van der Waals surface area contributed by atoms with E-state index in [4.69, 9.17) is 11.6 Å². The zero-order valence-corrected chi connectivity index (χ0v) is 14.6. The number of amides is 1. The lowest BCUT2D eigenvalue weighted by molar-refractivity contribution is 0.0955. The first-order chi connectivity index (χ1) is 12.7. The fourth-order valence-electron chi connectivity index (χ4n) is 2.80. The maximum atomic E-state index is 12.5. The topological polar surface area (TPSA) is 75.1 Å². The van der Waals surface area contributed by atoms with E-state index in [1.807, 2.05) is 47.1 Å². The van der Waals surface area contributed by atoms with Crippen LogP contribution in [0.2, 0.25) is 5.02 Å². The van der Waals surface area contributed by atoms with Gasteiger partial charge in [0.1, 0.15) is 5.65 Å². The van der Waals surface area contributed by atoms with E-state index >= 15 is 0 Å². The van der Waals surface area contributed by atoms with Crippen LogP contribution in [0.3, 0.4) is 0 Å². The molecule has 3 aromatic heterocycles. The van der Waals surface area contributed by atoms with Gasteiger partial charge >= 0.3 is 0 Å². The predicted octanol–water partition coefficient (Wildman–Crippen LogP) is 3.35. The quantitative estimate of drug-likeness (QED) is 0.569. The van der Waals surface area contributed by atoms with Crippen molar-refractivity contribution >= 4 is 23.2 Å². The van der Waals surface area contributed by atoms with Gasteiger partial charge in [-0.15, -0.1) is 0 Å². The summed E-state index contributed by atoms with van der Waals surface area (Å²) in [6, 6.07) is 13.1. The van der Waals surface area contributed by atoms with Crippen LogP contribution >= 0.6 is 11.6 Å². The van der Waals surface area contributed by atoms with Crippen molar-refractivity contribution in [2.45, 2.75) is 6.42 Å². The van der Waals surface area contributed by atoms with E-state index in [9.17, 15) is 4.79 Å². The highest BCUT2D eigenvalue weighted by Gasteiger charge is 2.15. The van der Waals surface area contributed by atoms with Crippen LogP contribution in [0.25, 0.3) is 16.9 Å². The first-order valence-corrected chi connectivity index (χ1v) is 8.58. The third-order valence-corrected chi connectivity index (χ3v) is 4.35. The second kappa shape index (κ2) is 7.01. The summed E-state index contributed by atoms with van der Waals surface area (Å²) >= 11 is 5.92. The number of carbonyl (C=O) groups excluding carboxylic acids is 1. The molecule has 0 bridgehead atoms. The lowest BCUT2D eigenvalue weighted by Crippen LogP contribution is -2.25. The van der Waals surface area contributed by atoms with Crippen LogP contribution < -0.4 is 5.32 Å². The van der Waals surface area contributed by atoms with Crippen molar-refractivity contribution in [3.8, 4) is 11.3 Å². The molecule has 130 valence electrons. The van der Waals surface area contributed by atoms with E-state index < -0.39 is 0 Å². The molecule has 0 aliphatic heterocycles. The molecule has 1 aromatic carbocycles.